The van der Waals surface area contributed by atoms with Gasteiger partial charge in [-0.25, -0.2) is 4.79 Å². The van der Waals surface area contributed by atoms with E-state index in [9.17, 15) is 9.59 Å². The first-order valence-electron chi connectivity index (χ1n) is 7.38. The van der Waals surface area contributed by atoms with Gasteiger partial charge in [0.05, 0.1) is 23.1 Å². The van der Waals surface area contributed by atoms with Crippen molar-refractivity contribution in [3.05, 3.63) is 41.7 Å². The van der Waals surface area contributed by atoms with Crippen LogP contribution < -0.4 is 16.8 Å². The molecule has 0 aliphatic heterocycles. The molecule has 2 aromatic heterocycles. The number of carbonyl (C=O) groups excluding carboxylic acids is 2. The first kappa shape index (κ1) is 16.2. The Bertz CT molecular complexity index is 949. The molecule has 3 aromatic rings. The van der Waals surface area contributed by atoms with Crippen LogP contribution in [0.1, 0.15) is 27.6 Å². The lowest BCUT2D eigenvalue weighted by Gasteiger charge is -2.06. The molecule has 25 heavy (non-hydrogen) atoms. The second kappa shape index (κ2) is 6.48. The number of anilines is 3. The van der Waals surface area contributed by atoms with Gasteiger partial charge in [-0.15, -0.1) is 0 Å². The lowest BCUT2D eigenvalue weighted by molar-refractivity contribution is 0.0526. The third kappa shape index (κ3) is 3.20. The summed E-state index contributed by atoms with van der Waals surface area (Å²) >= 11 is 0. The van der Waals surface area contributed by atoms with Gasteiger partial charge in [0.15, 0.2) is 0 Å². The lowest BCUT2D eigenvalue weighted by atomic mass is 10.2. The molecular formula is C16H15N5O4. The number of aromatic nitrogens is 2. The van der Waals surface area contributed by atoms with E-state index in [4.69, 9.17) is 20.6 Å². The SMILES string of the molecule is CCOC(=O)c1ccc(NC(=O)c2coc3nc(N)nc(N)c23)cc1. The molecule has 0 atom stereocenters. The average molecular weight is 341 g/mol. The maximum Gasteiger partial charge on any atom is 0.338 e. The van der Waals surface area contributed by atoms with Crippen LogP contribution in [0.4, 0.5) is 17.5 Å². The summed E-state index contributed by atoms with van der Waals surface area (Å²) in [6.07, 6.45) is 1.23. The number of benzene rings is 1. The van der Waals surface area contributed by atoms with Gasteiger partial charge in [0, 0.05) is 5.69 Å². The Balaban J connectivity index is 1.82. The number of carbonyl (C=O) groups is 2. The Morgan fingerprint density at radius 3 is 2.60 bits per heavy atom. The number of fused-ring (bicyclic) bond motifs is 1. The van der Waals surface area contributed by atoms with Gasteiger partial charge in [-0.1, -0.05) is 0 Å². The topological polar surface area (TPSA) is 146 Å². The zero-order valence-corrected chi connectivity index (χ0v) is 13.3. The zero-order chi connectivity index (χ0) is 18.0. The fourth-order valence-electron chi connectivity index (χ4n) is 2.26. The molecule has 3 rings (SSSR count). The van der Waals surface area contributed by atoms with Gasteiger partial charge in [-0.2, -0.15) is 9.97 Å². The fourth-order valence-corrected chi connectivity index (χ4v) is 2.26. The molecular weight excluding hydrogens is 326 g/mol. The van der Waals surface area contributed by atoms with E-state index in [-0.39, 0.29) is 28.4 Å². The number of hydrogen-bond acceptors (Lipinski definition) is 8. The summed E-state index contributed by atoms with van der Waals surface area (Å²) < 4.78 is 10.1. The molecule has 2 heterocycles. The summed E-state index contributed by atoms with van der Waals surface area (Å²) in [6.45, 7) is 2.02. The molecule has 0 aliphatic carbocycles. The van der Waals surface area contributed by atoms with Crippen LogP contribution in [0.3, 0.4) is 0 Å². The van der Waals surface area contributed by atoms with Crippen LogP contribution in [0.25, 0.3) is 11.1 Å². The predicted octanol–water partition coefficient (Wildman–Crippen LogP) is 1.82. The maximum absolute atomic E-state index is 12.4. The van der Waals surface area contributed by atoms with E-state index < -0.39 is 11.9 Å². The van der Waals surface area contributed by atoms with E-state index in [2.05, 4.69) is 15.3 Å². The van der Waals surface area contributed by atoms with E-state index in [1.165, 1.54) is 6.26 Å². The number of amides is 1. The molecule has 0 saturated heterocycles. The van der Waals surface area contributed by atoms with Gasteiger partial charge in [0.2, 0.25) is 11.7 Å². The lowest BCUT2D eigenvalue weighted by Crippen LogP contribution is -2.12. The molecule has 1 aromatic carbocycles. The Morgan fingerprint density at radius 2 is 1.92 bits per heavy atom. The minimum absolute atomic E-state index is 0.0409. The highest BCUT2D eigenvalue weighted by Gasteiger charge is 2.19. The van der Waals surface area contributed by atoms with Crippen molar-refractivity contribution in [3.8, 4) is 0 Å². The minimum Gasteiger partial charge on any atom is -0.462 e. The molecule has 0 aliphatic rings. The molecule has 0 saturated carbocycles. The summed E-state index contributed by atoms with van der Waals surface area (Å²) in [5.74, 6) is -0.869. The van der Waals surface area contributed by atoms with Crippen LogP contribution in [0.15, 0.2) is 34.9 Å². The van der Waals surface area contributed by atoms with E-state index in [1.807, 2.05) is 0 Å². The second-order valence-corrected chi connectivity index (χ2v) is 5.05. The smallest absolute Gasteiger partial charge is 0.338 e. The number of furan rings is 1. The third-order valence-corrected chi connectivity index (χ3v) is 3.38. The number of nitrogen functional groups attached to an aromatic ring is 2. The van der Waals surface area contributed by atoms with Crippen LogP contribution in [-0.4, -0.2) is 28.5 Å². The van der Waals surface area contributed by atoms with Crippen LogP contribution in [0.2, 0.25) is 0 Å². The van der Waals surface area contributed by atoms with Crippen molar-refractivity contribution in [2.24, 2.45) is 0 Å². The Kier molecular flexibility index (Phi) is 4.21. The molecule has 0 spiro atoms. The van der Waals surface area contributed by atoms with E-state index in [1.54, 1.807) is 31.2 Å². The van der Waals surface area contributed by atoms with Gasteiger partial charge in [-0.3, -0.25) is 4.79 Å². The number of esters is 1. The summed E-state index contributed by atoms with van der Waals surface area (Å²) in [5.41, 5.74) is 12.5. The van der Waals surface area contributed by atoms with Crippen molar-refractivity contribution in [1.82, 2.24) is 9.97 Å². The van der Waals surface area contributed by atoms with Crippen LogP contribution in [-0.2, 0) is 4.74 Å². The first-order chi connectivity index (χ1) is 12.0. The van der Waals surface area contributed by atoms with E-state index in [0.717, 1.165) is 0 Å². The molecule has 9 nitrogen and oxygen atoms in total. The van der Waals surface area contributed by atoms with Gasteiger partial charge in [0.25, 0.3) is 5.91 Å². The number of nitrogens with two attached hydrogens (primary N) is 2. The highest BCUT2D eigenvalue weighted by molar-refractivity contribution is 6.14. The monoisotopic (exact) mass is 341 g/mol. The summed E-state index contributed by atoms with van der Waals surface area (Å²) in [7, 11) is 0. The number of nitrogens with zero attached hydrogens (tertiary/aromatic N) is 2. The van der Waals surface area contributed by atoms with Crippen molar-refractivity contribution in [1.29, 1.82) is 0 Å². The Hall–Kier alpha value is -3.62. The van der Waals surface area contributed by atoms with Crippen molar-refractivity contribution >= 4 is 40.4 Å². The minimum atomic E-state index is -0.456. The average Bonchev–Trinajstić information content (AvgIpc) is 3.00. The zero-order valence-electron chi connectivity index (χ0n) is 13.3. The van der Waals surface area contributed by atoms with Gasteiger partial charge < -0.3 is 25.9 Å². The number of ether oxygens (including phenoxy) is 1. The van der Waals surface area contributed by atoms with Crippen LogP contribution in [0, 0.1) is 0 Å². The summed E-state index contributed by atoms with van der Waals surface area (Å²) in [5, 5.41) is 2.97. The quantitative estimate of drug-likeness (QED) is 0.609. The van der Waals surface area contributed by atoms with Crippen LogP contribution in [0.5, 0.6) is 0 Å². The molecule has 0 radical (unpaired) electrons. The Morgan fingerprint density at radius 1 is 1.20 bits per heavy atom. The maximum atomic E-state index is 12.4. The van der Waals surface area contributed by atoms with Gasteiger partial charge in [-0.05, 0) is 31.2 Å². The van der Waals surface area contributed by atoms with Gasteiger partial charge >= 0.3 is 5.97 Å². The van der Waals surface area contributed by atoms with Crippen molar-refractivity contribution in [2.75, 3.05) is 23.4 Å². The van der Waals surface area contributed by atoms with E-state index in [0.29, 0.717) is 17.9 Å². The number of nitrogens with one attached hydrogen (secondary N) is 1. The molecule has 1 amide bonds. The Labute approximate surface area is 142 Å². The highest BCUT2D eigenvalue weighted by atomic mass is 16.5. The largest absolute Gasteiger partial charge is 0.462 e. The van der Waals surface area contributed by atoms with Crippen LogP contribution >= 0.6 is 0 Å². The molecule has 0 fully saturated rings. The third-order valence-electron chi connectivity index (χ3n) is 3.38. The van der Waals surface area contributed by atoms with Crippen molar-refractivity contribution in [3.63, 3.8) is 0 Å². The molecule has 0 unspecified atom stereocenters. The standard InChI is InChI=1S/C16H15N5O4/c1-2-24-15(23)8-3-5-9(6-4-8)19-13(22)10-7-25-14-11(10)12(17)20-16(18)21-14/h3-7H,2H2,1H3,(H,19,22)(H4,17,18,20,21). The number of rotatable bonds is 4. The molecule has 9 heteroatoms. The molecule has 0 bridgehead atoms. The fraction of sp³-hybridized carbons (Fsp3) is 0.125. The molecule has 128 valence electrons. The summed E-state index contributed by atoms with van der Waals surface area (Å²) in [6, 6.07) is 6.28. The number of hydrogen-bond donors (Lipinski definition) is 3. The van der Waals surface area contributed by atoms with E-state index >= 15 is 0 Å². The van der Waals surface area contributed by atoms with Gasteiger partial charge in [0.1, 0.15) is 12.1 Å². The van der Waals surface area contributed by atoms with Crippen molar-refractivity contribution < 1.29 is 18.7 Å². The second-order valence-electron chi connectivity index (χ2n) is 5.05. The normalized spacial score (nSPS) is 10.6. The molecule has 5 N–H and O–H groups in total. The van der Waals surface area contributed by atoms with Crippen molar-refractivity contribution in [2.45, 2.75) is 6.92 Å². The summed E-state index contributed by atoms with van der Waals surface area (Å²) in [4.78, 5) is 31.8. The first-order valence-corrected chi connectivity index (χ1v) is 7.38. The predicted molar refractivity (Wildman–Crippen MR) is 91.0 cm³/mol. The highest BCUT2D eigenvalue weighted by Crippen LogP contribution is 2.25.